The minimum Gasteiger partial charge on any atom is -0.242 e. The van der Waals surface area contributed by atoms with E-state index in [-0.39, 0.29) is 0 Å². The van der Waals surface area contributed by atoms with Crippen LogP contribution in [0, 0.1) is 20.7 Å². The summed E-state index contributed by atoms with van der Waals surface area (Å²) in [7, 11) is 1.91. The molecule has 0 N–H and O–H groups in total. The van der Waals surface area contributed by atoms with E-state index in [2.05, 4.69) is 31.2 Å². The molecule has 5 aromatic rings. The minimum atomic E-state index is -2.23. The van der Waals surface area contributed by atoms with Gasteiger partial charge in [0.1, 0.15) is 11.9 Å². The maximum absolute atomic E-state index is 8.23. The van der Waals surface area contributed by atoms with Gasteiger partial charge < -0.3 is 0 Å². The average molecular weight is 399 g/mol. The van der Waals surface area contributed by atoms with E-state index in [9.17, 15) is 0 Å². The Morgan fingerprint density at radius 1 is 0.862 bits per heavy atom. The smallest absolute Gasteiger partial charge is 0.213 e. The number of nitrogens with zero attached hydrogens (tertiary/aromatic N) is 2. The van der Waals surface area contributed by atoms with Gasteiger partial charge in [0.25, 0.3) is 0 Å². The summed E-state index contributed by atoms with van der Waals surface area (Å²) in [6.45, 7) is 1.83. The molecule has 142 valence electrons. The second kappa shape index (κ2) is 6.78. The highest BCUT2D eigenvalue weighted by Crippen LogP contribution is 2.40. The summed E-state index contributed by atoms with van der Waals surface area (Å²) < 4.78 is 27.7. The SMILES string of the molecule is [2H]C([2H])([2H])c1c[n+](C)c(-c2ccccc2C)cc1-c1cccc2c1sc1nc(C)ccc12. The topological polar surface area (TPSA) is 16.8 Å². The second-order valence-electron chi connectivity index (χ2n) is 7.50. The number of hydrogen-bond donors (Lipinski definition) is 0. The largest absolute Gasteiger partial charge is 0.242 e. The normalized spacial score (nSPS) is 13.4. The van der Waals surface area contributed by atoms with Crippen LogP contribution in [0.4, 0.5) is 0 Å². The van der Waals surface area contributed by atoms with Crippen LogP contribution in [0.5, 0.6) is 0 Å². The molecular weight excluding hydrogens is 372 g/mol. The van der Waals surface area contributed by atoms with E-state index in [4.69, 9.17) is 9.10 Å². The van der Waals surface area contributed by atoms with Crippen molar-refractivity contribution in [3.63, 3.8) is 0 Å². The highest BCUT2D eigenvalue weighted by atomic mass is 32.1. The molecule has 0 bridgehead atoms. The van der Waals surface area contributed by atoms with Crippen molar-refractivity contribution in [1.82, 2.24) is 4.98 Å². The fourth-order valence-electron chi connectivity index (χ4n) is 3.98. The number of benzene rings is 2. The molecule has 0 spiro atoms. The van der Waals surface area contributed by atoms with Crippen LogP contribution in [0.1, 0.15) is 20.9 Å². The molecule has 2 nitrogen and oxygen atoms in total. The molecule has 3 aromatic heterocycles. The third kappa shape index (κ3) is 2.93. The van der Waals surface area contributed by atoms with Gasteiger partial charge in [-0.25, -0.2) is 9.55 Å². The maximum atomic E-state index is 8.23. The molecule has 0 fully saturated rings. The molecule has 3 heteroatoms. The van der Waals surface area contributed by atoms with Crippen LogP contribution in [0.15, 0.2) is 66.9 Å². The van der Waals surface area contributed by atoms with E-state index in [1.807, 2.05) is 54.9 Å². The predicted molar refractivity (Wildman–Crippen MR) is 123 cm³/mol. The molecule has 0 aliphatic carbocycles. The third-order valence-corrected chi connectivity index (χ3v) is 6.64. The standard InChI is InChI=1S/C26H23N2S/c1-16-8-5-6-9-19(16)24-14-23(17(2)15-28(24)4)21-11-7-10-20-22-13-12-18(3)27-26(22)29-25(20)21/h5-15H,1-4H3/q+1/i2D3. The van der Waals surface area contributed by atoms with Crippen molar-refractivity contribution in [3.05, 3.63) is 83.7 Å². The summed E-state index contributed by atoms with van der Waals surface area (Å²) in [5.74, 6) is 0. The van der Waals surface area contributed by atoms with E-state index < -0.39 is 6.85 Å². The highest BCUT2D eigenvalue weighted by Gasteiger charge is 2.19. The van der Waals surface area contributed by atoms with Gasteiger partial charge in [0.05, 0.1) is 0 Å². The summed E-state index contributed by atoms with van der Waals surface area (Å²) in [6.07, 6.45) is 1.76. The monoisotopic (exact) mass is 398 g/mol. The molecule has 3 heterocycles. The first-order chi connectivity index (χ1) is 15.2. The molecular formula is C26H23N2S+. The van der Waals surface area contributed by atoms with Crippen LogP contribution in [0.2, 0.25) is 0 Å². The summed E-state index contributed by atoms with van der Waals surface area (Å²) in [4.78, 5) is 5.69. The van der Waals surface area contributed by atoms with Crippen molar-refractivity contribution in [1.29, 1.82) is 0 Å². The lowest BCUT2D eigenvalue weighted by atomic mass is 9.96. The molecule has 0 atom stereocenters. The lowest BCUT2D eigenvalue weighted by Gasteiger charge is -2.10. The third-order valence-electron chi connectivity index (χ3n) is 5.49. The van der Waals surface area contributed by atoms with Crippen LogP contribution in [0.3, 0.4) is 0 Å². The Kier molecular flexibility index (Phi) is 3.48. The van der Waals surface area contributed by atoms with Crippen LogP contribution in [0.25, 0.3) is 42.7 Å². The molecule has 0 saturated heterocycles. The van der Waals surface area contributed by atoms with Gasteiger partial charge in [0, 0.05) is 48.0 Å². The van der Waals surface area contributed by atoms with Gasteiger partial charge in [0.2, 0.25) is 5.69 Å². The van der Waals surface area contributed by atoms with Crippen LogP contribution >= 0.6 is 11.3 Å². The molecule has 0 aliphatic heterocycles. The average Bonchev–Trinajstić information content (AvgIpc) is 3.11. The van der Waals surface area contributed by atoms with Gasteiger partial charge in [-0.1, -0.05) is 36.4 Å². The minimum absolute atomic E-state index is 0.353. The van der Waals surface area contributed by atoms with Crippen molar-refractivity contribution in [2.24, 2.45) is 7.05 Å². The zero-order valence-electron chi connectivity index (χ0n) is 19.7. The Morgan fingerprint density at radius 2 is 1.69 bits per heavy atom. The molecule has 2 aromatic carbocycles. The lowest BCUT2D eigenvalue weighted by molar-refractivity contribution is -0.660. The number of aryl methyl sites for hydroxylation is 4. The fourth-order valence-corrected chi connectivity index (χ4v) is 5.23. The summed E-state index contributed by atoms with van der Waals surface area (Å²) in [5.41, 5.74) is 6.23. The second-order valence-corrected chi connectivity index (χ2v) is 8.50. The first kappa shape index (κ1) is 14.9. The van der Waals surface area contributed by atoms with E-state index in [1.165, 1.54) is 0 Å². The van der Waals surface area contributed by atoms with Gasteiger partial charge in [0.15, 0.2) is 6.20 Å². The molecule has 0 saturated carbocycles. The summed E-state index contributed by atoms with van der Waals surface area (Å²) in [6, 6.07) is 20.5. The Morgan fingerprint density at radius 3 is 2.52 bits per heavy atom. The Bertz CT molecular complexity index is 1500. The van der Waals surface area contributed by atoms with Crippen molar-refractivity contribution in [2.75, 3.05) is 0 Å². The molecule has 0 amide bonds. The molecule has 0 unspecified atom stereocenters. The number of pyridine rings is 2. The first-order valence-electron chi connectivity index (χ1n) is 11.1. The zero-order valence-corrected chi connectivity index (χ0v) is 17.5. The van der Waals surface area contributed by atoms with E-state index >= 15 is 0 Å². The van der Waals surface area contributed by atoms with Crippen molar-refractivity contribution >= 4 is 31.6 Å². The molecule has 5 rings (SSSR count). The number of rotatable bonds is 2. The number of thiophene rings is 1. The quantitative estimate of drug-likeness (QED) is 0.309. The molecule has 0 aliphatic rings. The number of aromatic nitrogens is 2. The maximum Gasteiger partial charge on any atom is 0.213 e. The first-order valence-corrected chi connectivity index (χ1v) is 10.4. The van der Waals surface area contributed by atoms with Crippen molar-refractivity contribution in [2.45, 2.75) is 20.7 Å². The van der Waals surface area contributed by atoms with Crippen molar-refractivity contribution < 1.29 is 8.68 Å². The van der Waals surface area contributed by atoms with Crippen LogP contribution in [-0.4, -0.2) is 4.98 Å². The van der Waals surface area contributed by atoms with Crippen LogP contribution < -0.4 is 4.57 Å². The number of fused-ring (bicyclic) bond motifs is 3. The zero-order chi connectivity index (χ0) is 22.6. The Hall–Kier alpha value is -3.04. The van der Waals surface area contributed by atoms with E-state index in [1.54, 1.807) is 17.5 Å². The van der Waals surface area contributed by atoms with E-state index in [0.29, 0.717) is 5.56 Å². The van der Waals surface area contributed by atoms with Gasteiger partial charge >= 0.3 is 0 Å². The fraction of sp³-hybridized carbons (Fsp3) is 0.154. The van der Waals surface area contributed by atoms with Gasteiger partial charge in [-0.3, -0.25) is 0 Å². The van der Waals surface area contributed by atoms with Crippen molar-refractivity contribution in [3.8, 4) is 22.4 Å². The summed E-state index contributed by atoms with van der Waals surface area (Å²) in [5, 5.41) is 2.21. The van der Waals surface area contributed by atoms with E-state index in [0.717, 1.165) is 53.9 Å². The van der Waals surface area contributed by atoms with Gasteiger partial charge in [-0.2, -0.15) is 0 Å². The molecule has 29 heavy (non-hydrogen) atoms. The summed E-state index contributed by atoms with van der Waals surface area (Å²) >= 11 is 1.62. The Labute approximate surface area is 179 Å². The molecule has 0 radical (unpaired) electrons. The van der Waals surface area contributed by atoms with Gasteiger partial charge in [-0.15, -0.1) is 11.3 Å². The van der Waals surface area contributed by atoms with Gasteiger partial charge in [-0.05, 0) is 50.0 Å². The Balaban J connectivity index is 1.86. The predicted octanol–water partition coefficient (Wildman–Crippen LogP) is 6.53. The number of hydrogen-bond acceptors (Lipinski definition) is 2. The highest BCUT2D eigenvalue weighted by molar-refractivity contribution is 7.26. The van der Waals surface area contributed by atoms with Crippen LogP contribution in [-0.2, 0) is 7.05 Å². The lowest BCUT2D eigenvalue weighted by Crippen LogP contribution is -2.31.